The van der Waals surface area contributed by atoms with Gasteiger partial charge in [0, 0.05) is 35.2 Å². The highest BCUT2D eigenvalue weighted by atomic mass is 35.5. The molecule has 0 saturated carbocycles. The van der Waals surface area contributed by atoms with Crippen LogP contribution in [0.3, 0.4) is 0 Å². The number of benzene rings is 1. The number of halogens is 1. The molecule has 0 aliphatic carbocycles. The van der Waals surface area contributed by atoms with Crippen LogP contribution in [-0.4, -0.2) is 22.3 Å². The predicted octanol–water partition coefficient (Wildman–Crippen LogP) is 3.15. The molecule has 3 N–H and O–H groups in total. The Morgan fingerprint density at radius 1 is 1.32 bits per heavy atom. The Hall–Kier alpha value is -0.970. The number of aryl methyl sites for hydroxylation is 1. The van der Waals surface area contributed by atoms with Gasteiger partial charge in [-0.2, -0.15) is 11.8 Å². The molecule has 0 spiro atoms. The number of aromatic amines is 1. The molecule has 2 rings (SSSR count). The second kappa shape index (κ2) is 6.98. The van der Waals surface area contributed by atoms with Crippen LogP contribution in [0.2, 0.25) is 5.02 Å². The first kappa shape index (κ1) is 14.4. The molecule has 0 saturated heterocycles. The number of aromatic nitrogens is 2. The molecule has 0 aliphatic heterocycles. The van der Waals surface area contributed by atoms with Gasteiger partial charge in [-0.25, -0.2) is 4.98 Å². The quantitative estimate of drug-likeness (QED) is 0.805. The smallest absolute Gasteiger partial charge is 0.111 e. The molecule has 1 aromatic heterocycles. The summed E-state index contributed by atoms with van der Waals surface area (Å²) in [6, 6.07) is 7.88. The van der Waals surface area contributed by atoms with Crippen molar-refractivity contribution in [2.24, 2.45) is 5.73 Å². The number of hydrogen-bond donors (Lipinski definition) is 2. The molecule has 2 aromatic rings. The lowest BCUT2D eigenvalue weighted by atomic mass is 10.1. The van der Waals surface area contributed by atoms with Crippen LogP contribution in [0, 0.1) is 6.92 Å². The van der Waals surface area contributed by atoms with Crippen LogP contribution in [0.15, 0.2) is 24.3 Å². The van der Waals surface area contributed by atoms with Crippen LogP contribution < -0.4 is 5.73 Å². The number of rotatable bonds is 6. The second-order valence-electron chi connectivity index (χ2n) is 4.40. The Kier molecular flexibility index (Phi) is 5.31. The average Bonchev–Trinajstić information content (AvgIpc) is 2.73. The Bertz CT molecular complexity index is 522. The number of thioether (sulfide) groups is 1. The van der Waals surface area contributed by atoms with E-state index in [0.29, 0.717) is 6.54 Å². The highest BCUT2D eigenvalue weighted by Crippen LogP contribution is 2.16. The lowest BCUT2D eigenvalue weighted by molar-refractivity contribution is 1.01. The molecule has 0 bridgehead atoms. The van der Waals surface area contributed by atoms with Crippen molar-refractivity contribution in [2.45, 2.75) is 19.1 Å². The van der Waals surface area contributed by atoms with Gasteiger partial charge in [0.25, 0.3) is 0 Å². The Morgan fingerprint density at radius 2 is 2.05 bits per heavy atom. The average molecular weight is 296 g/mol. The molecule has 0 amide bonds. The van der Waals surface area contributed by atoms with Gasteiger partial charge in [-0.3, -0.25) is 0 Å². The molecular weight excluding hydrogens is 278 g/mol. The zero-order chi connectivity index (χ0) is 13.7. The molecule has 0 atom stereocenters. The minimum absolute atomic E-state index is 0.714. The maximum Gasteiger partial charge on any atom is 0.111 e. The number of H-pyrrole nitrogens is 1. The zero-order valence-electron chi connectivity index (χ0n) is 10.9. The van der Waals surface area contributed by atoms with E-state index in [-0.39, 0.29) is 0 Å². The van der Waals surface area contributed by atoms with Gasteiger partial charge in [0.05, 0.1) is 5.69 Å². The number of nitrogens with two attached hydrogens (primary N) is 1. The second-order valence-corrected chi connectivity index (χ2v) is 5.94. The van der Waals surface area contributed by atoms with Gasteiger partial charge in [-0.1, -0.05) is 23.7 Å². The first-order valence-corrected chi connectivity index (χ1v) is 7.79. The van der Waals surface area contributed by atoms with Crippen molar-refractivity contribution < 1.29 is 0 Å². The molecule has 0 fully saturated rings. The minimum atomic E-state index is 0.714. The van der Waals surface area contributed by atoms with Gasteiger partial charge in [0.15, 0.2) is 0 Å². The SMILES string of the molecule is Cc1[nH]c(Cc2ccc(Cl)cc2)nc1CSCCN. The van der Waals surface area contributed by atoms with Gasteiger partial charge in [0.2, 0.25) is 0 Å². The van der Waals surface area contributed by atoms with Crippen LogP contribution in [0.5, 0.6) is 0 Å². The molecule has 3 nitrogen and oxygen atoms in total. The molecule has 5 heteroatoms. The van der Waals surface area contributed by atoms with Crippen LogP contribution in [0.25, 0.3) is 0 Å². The van der Waals surface area contributed by atoms with Crippen LogP contribution >= 0.6 is 23.4 Å². The lowest BCUT2D eigenvalue weighted by Gasteiger charge is -1.98. The number of hydrogen-bond acceptors (Lipinski definition) is 3. The van der Waals surface area contributed by atoms with E-state index in [1.807, 2.05) is 36.0 Å². The lowest BCUT2D eigenvalue weighted by Crippen LogP contribution is -2.01. The summed E-state index contributed by atoms with van der Waals surface area (Å²) in [5, 5.41) is 0.762. The van der Waals surface area contributed by atoms with E-state index in [9.17, 15) is 0 Å². The highest BCUT2D eigenvalue weighted by molar-refractivity contribution is 7.98. The third-order valence-corrected chi connectivity index (χ3v) is 4.07. The van der Waals surface area contributed by atoms with E-state index in [2.05, 4.69) is 16.9 Å². The van der Waals surface area contributed by atoms with E-state index < -0.39 is 0 Å². The summed E-state index contributed by atoms with van der Waals surface area (Å²) < 4.78 is 0. The Morgan fingerprint density at radius 3 is 2.74 bits per heavy atom. The minimum Gasteiger partial charge on any atom is -0.346 e. The topological polar surface area (TPSA) is 54.7 Å². The van der Waals surface area contributed by atoms with Gasteiger partial charge in [-0.05, 0) is 24.6 Å². The van der Waals surface area contributed by atoms with Crippen molar-refractivity contribution in [3.63, 3.8) is 0 Å². The summed E-state index contributed by atoms with van der Waals surface area (Å²) in [5.74, 6) is 2.89. The predicted molar refractivity (Wildman–Crippen MR) is 82.8 cm³/mol. The standard InChI is InChI=1S/C14H18ClN3S/c1-10-13(9-19-7-6-16)18-14(17-10)8-11-2-4-12(15)5-3-11/h2-5H,6-9,16H2,1H3,(H,17,18). The summed E-state index contributed by atoms with van der Waals surface area (Å²) >= 11 is 7.70. The fraction of sp³-hybridized carbons (Fsp3) is 0.357. The zero-order valence-corrected chi connectivity index (χ0v) is 12.5. The Balaban J connectivity index is 2.01. The summed E-state index contributed by atoms with van der Waals surface area (Å²) in [6.07, 6.45) is 0.805. The van der Waals surface area contributed by atoms with Crippen molar-refractivity contribution in [2.75, 3.05) is 12.3 Å². The van der Waals surface area contributed by atoms with E-state index in [4.69, 9.17) is 17.3 Å². The normalized spacial score (nSPS) is 10.9. The maximum atomic E-state index is 5.88. The summed E-state index contributed by atoms with van der Waals surface area (Å²) in [6.45, 7) is 2.78. The largest absolute Gasteiger partial charge is 0.346 e. The molecule has 0 radical (unpaired) electrons. The van der Waals surface area contributed by atoms with Gasteiger partial charge >= 0.3 is 0 Å². The van der Waals surface area contributed by atoms with Crippen LogP contribution in [-0.2, 0) is 12.2 Å². The fourth-order valence-corrected chi connectivity index (χ4v) is 2.75. The molecule has 1 heterocycles. The van der Waals surface area contributed by atoms with Crippen molar-refractivity contribution in [1.29, 1.82) is 0 Å². The monoisotopic (exact) mass is 295 g/mol. The number of nitrogens with one attached hydrogen (secondary N) is 1. The van der Waals surface area contributed by atoms with E-state index in [1.54, 1.807) is 0 Å². The summed E-state index contributed by atoms with van der Waals surface area (Å²) in [4.78, 5) is 8.00. The first-order valence-electron chi connectivity index (χ1n) is 6.25. The van der Waals surface area contributed by atoms with Gasteiger partial charge in [0.1, 0.15) is 5.82 Å². The van der Waals surface area contributed by atoms with Crippen molar-refractivity contribution >= 4 is 23.4 Å². The Labute approximate surface area is 123 Å². The molecule has 0 aliphatic rings. The van der Waals surface area contributed by atoms with E-state index in [0.717, 1.165) is 40.2 Å². The number of nitrogens with zero attached hydrogens (tertiary/aromatic N) is 1. The van der Waals surface area contributed by atoms with Crippen molar-refractivity contribution in [1.82, 2.24) is 9.97 Å². The van der Waals surface area contributed by atoms with Gasteiger partial charge < -0.3 is 10.7 Å². The molecular formula is C14H18ClN3S. The number of imidazole rings is 1. The third-order valence-electron chi connectivity index (χ3n) is 2.82. The molecule has 102 valence electrons. The van der Waals surface area contributed by atoms with E-state index >= 15 is 0 Å². The van der Waals surface area contributed by atoms with Gasteiger partial charge in [-0.15, -0.1) is 0 Å². The van der Waals surface area contributed by atoms with Crippen molar-refractivity contribution in [3.8, 4) is 0 Å². The summed E-state index contributed by atoms with van der Waals surface area (Å²) in [7, 11) is 0. The summed E-state index contributed by atoms with van der Waals surface area (Å²) in [5.41, 5.74) is 8.97. The fourth-order valence-electron chi connectivity index (χ4n) is 1.84. The van der Waals surface area contributed by atoms with Crippen LogP contribution in [0.4, 0.5) is 0 Å². The highest BCUT2D eigenvalue weighted by Gasteiger charge is 2.07. The van der Waals surface area contributed by atoms with Crippen molar-refractivity contribution in [3.05, 3.63) is 52.1 Å². The third kappa shape index (κ3) is 4.27. The molecule has 19 heavy (non-hydrogen) atoms. The maximum absolute atomic E-state index is 5.88. The van der Waals surface area contributed by atoms with Crippen LogP contribution in [0.1, 0.15) is 22.8 Å². The first-order chi connectivity index (χ1) is 9.19. The van der Waals surface area contributed by atoms with E-state index in [1.165, 1.54) is 5.56 Å². The molecule has 1 aromatic carbocycles. The molecule has 0 unspecified atom stereocenters.